The van der Waals surface area contributed by atoms with Gasteiger partial charge in [0.15, 0.2) is 0 Å². The van der Waals surface area contributed by atoms with Gasteiger partial charge in [-0.25, -0.2) is 0 Å². The summed E-state index contributed by atoms with van der Waals surface area (Å²) in [5, 5.41) is 21.5. The van der Waals surface area contributed by atoms with Crippen LogP contribution in [0.15, 0.2) is 0 Å². The Morgan fingerprint density at radius 3 is 2.73 bits per heavy atom. The van der Waals surface area contributed by atoms with E-state index >= 15 is 0 Å². The van der Waals surface area contributed by atoms with Gasteiger partial charge in [0, 0.05) is 13.1 Å². The zero-order valence-electron chi connectivity index (χ0n) is 9.23. The van der Waals surface area contributed by atoms with Crippen LogP contribution in [0, 0.1) is 11.8 Å². The number of nitrogens with one attached hydrogen (secondary N) is 1. The van der Waals surface area contributed by atoms with Gasteiger partial charge in [-0.15, -0.1) is 0 Å². The van der Waals surface area contributed by atoms with Gasteiger partial charge in [0.1, 0.15) is 0 Å². The molecule has 2 atom stereocenters. The molecule has 2 aliphatic rings. The van der Waals surface area contributed by atoms with E-state index in [9.17, 15) is 5.11 Å². The second kappa shape index (κ2) is 5.25. The Kier molecular flexibility index (Phi) is 3.97. The minimum absolute atomic E-state index is 0.119. The van der Waals surface area contributed by atoms with Gasteiger partial charge in [0.25, 0.3) is 0 Å². The molecule has 4 nitrogen and oxygen atoms in total. The van der Waals surface area contributed by atoms with Crippen LogP contribution in [-0.4, -0.2) is 60.5 Å². The number of hydrogen-bond donors (Lipinski definition) is 3. The van der Waals surface area contributed by atoms with Gasteiger partial charge in [-0.05, 0) is 44.3 Å². The maximum absolute atomic E-state index is 9.40. The van der Waals surface area contributed by atoms with Crippen LogP contribution < -0.4 is 5.32 Å². The summed E-state index contributed by atoms with van der Waals surface area (Å²) >= 11 is 0. The highest BCUT2D eigenvalue weighted by molar-refractivity contribution is 4.86. The van der Waals surface area contributed by atoms with Crippen molar-refractivity contribution < 1.29 is 10.2 Å². The van der Waals surface area contributed by atoms with Gasteiger partial charge in [0.2, 0.25) is 0 Å². The highest BCUT2D eigenvalue weighted by Gasteiger charge is 2.31. The lowest BCUT2D eigenvalue weighted by Crippen LogP contribution is -2.51. The van der Waals surface area contributed by atoms with E-state index in [1.807, 2.05) is 0 Å². The predicted molar refractivity (Wildman–Crippen MR) is 58.6 cm³/mol. The number of aliphatic hydroxyl groups is 2. The second-order valence-electron chi connectivity index (χ2n) is 4.92. The summed E-state index contributed by atoms with van der Waals surface area (Å²) in [4.78, 5) is 2.30. The van der Waals surface area contributed by atoms with Crippen LogP contribution in [0.2, 0.25) is 0 Å². The molecular formula is C11H22N2O2. The Balaban J connectivity index is 1.76. The maximum atomic E-state index is 9.40. The van der Waals surface area contributed by atoms with Crippen LogP contribution in [0.4, 0.5) is 0 Å². The third kappa shape index (κ3) is 2.91. The lowest BCUT2D eigenvalue weighted by atomic mass is 9.82. The Morgan fingerprint density at radius 2 is 2.13 bits per heavy atom. The highest BCUT2D eigenvalue weighted by atomic mass is 16.3. The minimum atomic E-state index is -0.566. The quantitative estimate of drug-likeness (QED) is 0.577. The van der Waals surface area contributed by atoms with Crippen molar-refractivity contribution >= 4 is 0 Å². The average molecular weight is 214 g/mol. The standard InChI is InChI=1S/C11H22N2O2/c14-8-11(15)7-13-3-1-2-9(6-13)10-4-12-5-10/h9-12,14-15H,1-8H2. The first-order valence-electron chi connectivity index (χ1n) is 6.01. The minimum Gasteiger partial charge on any atom is -0.394 e. The third-order valence-electron chi connectivity index (χ3n) is 3.70. The van der Waals surface area contributed by atoms with E-state index in [1.165, 1.54) is 25.9 Å². The molecule has 0 spiro atoms. The largest absolute Gasteiger partial charge is 0.394 e. The van der Waals surface area contributed by atoms with Gasteiger partial charge in [-0.3, -0.25) is 0 Å². The molecule has 0 radical (unpaired) electrons. The lowest BCUT2D eigenvalue weighted by molar-refractivity contribution is 0.0325. The van der Waals surface area contributed by atoms with E-state index in [1.54, 1.807) is 0 Å². The van der Waals surface area contributed by atoms with Crippen molar-refractivity contribution in [3.8, 4) is 0 Å². The van der Waals surface area contributed by atoms with Crippen LogP contribution in [0.5, 0.6) is 0 Å². The molecule has 88 valence electrons. The van der Waals surface area contributed by atoms with E-state index in [0.717, 1.165) is 24.9 Å². The van der Waals surface area contributed by atoms with Gasteiger partial charge in [0.05, 0.1) is 12.7 Å². The van der Waals surface area contributed by atoms with Crippen LogP contribution in [0.25, 0.3) is 0 Å². The van der Waals surface area contributed by atoms with Crippen molar-refractivity contribution in [3.05, 3.63) is 0 Å². The fourth-order valence-electron chi connectivity index (χ4n) is 2.64. The van der Waals surface area contributed by atoms with E-state index in [0.29, 0.717) is 6.54 Å². The Hall–Kier alpha value is -0.160. The summed E-state index contributed by atoms with van der Waals surface area (Å²) in [6.45, 7) is 5.03. The van der Waals surface area contributed by atoms with Crippen LogP contribution >= 0.6 is 0 Å². The van der Waals surface area contributed by atoms with E-state index in [4.69, 9.17) is 5.11 Å². The fraction of sp³-hybridized carbons (Fsp3) is 1.00. The first-order chi connectivity index (χ1) is 7.29. The molecule has 0 aromatic carbocycles. The molecule has 0 saturated carbocycles. The molecule has 3 N–H and O–H groups in total. The first-order valence-corrected chi connectivity index (χ1v) is 6.01. The fourth-order valence-corrected chi connectivity index (χ4v) is 2.64. The lowest BCUT2D eigenvalue weighted by Gasteiger charge is -2.41. The van der Waals surface area contributed by atoms with Crippen molar-refractivity contribution in [1.29, 1.82) is 0 Å². The molecule has 2 saturated heterocycles. The molecular weight excluding hydrogens is 192 g/mol. The molecule has 0 aliphatic carbocycles. The molecule has 2 heterocycles. The average Bonchev–Trinajstić information content (AvgIpc) is 2.15. The second-order valence-corrected chi connectivity index (χ2v) is 4.92. The van der Waals surface area contributed by atoms with Gasteiger partial charge in [-0.1, -0.05) is 0 Å². The molecule has 0 aromatic heterocycles. The third-order valence-corrected chi connectivity index (χ3v) is 3.70. The van der Waals surface area contributed by atoms with Crippen LogP contribution in [0.1, 0.15) is 12.8 Å². The van der Waals surface area contributed by atoms with Gasteiger partial charge < -0.3 is 20.4 Å². The van der Waals surface area contributed by atoms with E-state index in [2.05, 4.69) is 10.2 Å². The van der Waals surface area contributed by atoms with Crippen molar-refractivity contribution in [1.82, 2.24) is 10.2 Å². The number of piperidine rings is 1. The monoisotopic (exact) mass is 214 g/mol. The smallest absolute Gasteiger partial charge is 0.0897 e. The number of rotatable bonds is 4. The SMILES string of the molecule is OCC(O)CN1CCCC(C2CNC2)C1. The number of aliphatic hydroxyl groups excluding tert-OH is 2. The molecule has 4 heteroatoms. The van der Waals surface area contributed by atoms with Gasteiger partial charge in [-0.2, -0.15) is 0 Å². The van der Waals surface area contributed by atoms with Crippen molar-refractivity contribution in [2.45, 2.75) is 18.9 Å². The van der Waals surface area contributed by atoms with Crippen molar-refractivity contribution in [2.75, 3.05) is 39.3 Å². The van der Waals surface area contributed by atoms with E-state index < -0.39 is 6.10 Å². The number of β-amino-alcohol motifs (C(OH)–C–C–N with tert-alkyl or cyclic N) is 1. The topological polar surface area (TPSA) is 55.7 Å². The zero-order valence-corrected chi connectivity index (χ0v) is 9.23. The highest BCUT2D eigenvalue weighted by Crippen LogP contribution is 2.26. The zero-order chi connectivity index (χ0) is 10.7. The summed E-state index contributed by atoms with van der Waals surface area (Å²) in [6.07, 6.45) is 2.00. The summed E-state index contributed by atoms with van der Waals surface area (Å²) in [6, 6.07) is 0. The Labute approximate surface area is 91.3 Å². The van der Waals surface area contributed by atoms with Crippen molar-refractivity contribution in [3.63, 3.8) is 0 Å². The maximum Gasteiger partial charge on any atom is 0.0897 e. The van der Waals surface area contributed by atoms with Crippen LogP contribution in [0.3, 0.4) is 0 Å². The Morgan fingerprint density at radius 1 is 1.33 bits per heavy atom. The molecule has 2 fully saturated rings. The van der Waals surface area contributed by atoms with Gasteiger partial charge >= 0.3 is 0 Å². The molecule has 2 aliphatic heterocycles. The Bertz CT molecular complexity index is 197. The van der Waals surface area contributed by atoms with E-state index in [-0.39, 0.29) is 6.61 Å². The molecule has 0 bridgehead atoms. The molecule has 15 heavy (non-hydrogen) atoms. The number of nitrogens with zero attached hydrogens (tertiary/aromatic N) is 1. The number of hydrogen-bond acceptors (Lipinski definition) is 4. The van der Waals surface area contributed by atoms with Crippen LogP contribution in [-0.2, 0) is 0 Å². The summed E-state index contributed by atoms with van der Waals surface area (Å²) in [5.74, 6) is 1.64. The first kappa shape index (κ1) is 11.3. The van der Waals surface area contributed by atoms with Crippen molar-refractivity contribution in [2.24, 2.45) is 11.8 Å². The molecule has 0 amide bonds. The normalized spacial score (nSPS) is 31.2. The predicted octanol–water partition coefficient (Wildman–Crippen LogP) is -0.729. The molecule has 2 rings (SSSR count). The summed E-state index contributed by atoms with van der Waals surface area (Å²) in [5.41, 5.74) is 0. The summed E-state index contributed by atoms with van der Waals surface area (Å²) < 4.78 is 0. The molecule has 0 aromatic rings. The number of likely N-dealkylation sites (tertiary alicyclic amines) is 1. The summed E-state index contributed by atoms with van der Waals surface area (Å²) in [7, 11) is 0. The molecule has 2 unspecified atom stereocenters.